The SMILES string of the molecule is CC(C)c1ccc(N2CC(CNC(=O)c3ccccc3)OCC2=O)cc1. The predicted molar refractivity (Wildman–Crippen MR) is 101 cm³/mol. The number of anilines is 1. The molecule has 1 aliphatic rings. The Morgan fingerprint density at radius 2 is 1.85 bits per heavy atom. The first-order chi connectivity index (χ1) is 12.5. The molecule has 136 valence electrons. The Morgan fingerprint density at radius 1 is 1.15 bits per heavy atom. The van der Waals surface area contributed by atoms with Crippen LogP contribution in [0.4, 0.5) is 5.69 Å². The number of carbonyl (C=O) groups excluding carboxylic acids is 2. The normalized spacial score (nSPS) is 17.4. The molecule has 26 heavy (non-hydrogen) atoms. The quantitative estimate of drug-likeness (QED) is 0.900. The van der Waals surface area contributed by atoms with Crippen molar-refractivity contribution in [2.24, 2.45) is 0 Å². The van der Waals surface area contributed by atoms with Crippen molar-refractivity contribution in [1.29, 1.82) is 0 Å². The van der Waals surface area contributed by atoms with Crippen LogP contribution in [0.5, 0.6) is 0 Å². The number of amides is 2. The lowest BCUT2D eigenvalue weighted by Gasteiger charge is -2.33. The fourth-order valence-corrected chi connectivity index (χ4v) is 2.94. The summed E-state index contributed by atoms with van der Waals surface area (Å²) in [7, 11) is 0. The molecule has 1 heterocycles. The van der Waals surface area contributed by atoms with Crippen LogP contribution in [-0.4, -0.2) is 37.6 Å². The second-order valence-electron chi connectivity index (χ2n) is 6.76. The Hall–Kier alpha value is -2.66. The van der Waals surface area contributed by atoms with Crippen LogP contribution in [0.2, 0.25) is 0 Å². The zero-order chi connectivity index (χ0) is 18.5. The zero-order valence-electron chi connectivity index (χ0n) is 15.1. The van der Waals surface area contributed by atoms with Crippen LogP contribution < -0.4 is 10.2 Å². The molecule has 1 fully saturated rings. The molecule has 5 heteroatoms. The van der Waals surface area contributed by atoms with Gasteiger partial charge < -0.3 is 15.0 Å². The lowest BCUT2D eigenvalue weighted by Crippen LogP contribution is -2.50. The number of benzene rings is 2. The van der Waals surface area contributed by atoms with Gasteiger partial charge in [0.05, 0.1) is 12.6 Å². The number of hydrogen-bond acceptors (Lipinski definition) is 3. The number of hydrogen-bond donors (Lipinski definition) is 1. The average molecular weight is 352 g/mol. The van der Waals surface area contributed by atoms with E-state index in [0.717, 1.165) is 5.69 Å². The van der Waals surface area contributed by atoms with Crippen molar-refractivity contribution in [3.63, 3.8) is 0 Å². The molecule has 2 amide bonds. The van der Waals surface area contributed by atoms with Crippen LogP contribution in [0.15, 0.2) is 54.6 Å². The molecule has 0 bridgehead atoms. The van der Waals surface area contributed by atoms with E-state index >= 15 is 0 Å². The molecule has 1 N–H and O–H groups in total. The Balaban J connectivity index is 1.61. The van der Waals surface area contributed by atoms with E-state index in [9.17, 15) is 9.59 Å². The lowest BCUT2D eigenvalue weighted by molar-refractivity contribution is -0.129. The molecule has 1 saturated heterocycles. The minimum absolute atomic E-state index is 0.0256. The number of rotatable bonds is 5. The van der Waals surface area contributed by atoms with E-state index in [0.29, 0.717) is 24.6 Å². The summed E-state index contributed by atoms with van der Waals surface area (Å²) in [6.45, 7) is 5.09. The van der Waals surface area contributed by atoms with Gasteiger partial charge in [-0.05, 0) is 35.7 Å². The standard InChI is InChI=1S/C21H24N2O3/c1-15(2)16-8-10-18(11-9-16)23-13-19(26-14-20(23)24)12-22-21(25)17-6-4-3-5-7-17/h3-11,15,19H,12-14H2,1-2H3,(H,22,25). The van der Waals surface area contributed by atoms with Gasteiger partial charge in [0.15, 0.2) is 0 Å². The topological polar surface area (TPSA) is 58.6 Å². The van der Waals surface area contributed by atoms with E-state index in [-0.39, 0.29) is 24.5 Å². The fraction of sp³-hybridized carbons (Fsp3) is 0.333. The smallest absolute Gasteiger partial charge is 0.253 e. The fourth-order valence-electron chi connectivity index (χ4n) is 2.94. The second kappa shape index (κ2) is 8.15. The number of nitrogens with one attached hydrogen (secondary N) is 1. The third kappa shape index (κ3) is 4.29. The monoisotopic (exact) mass is 352 g/mol. The maximum atomic E-state index is 12.2. The van der Waals surface area contributed by atoms with E-state index < -0.39 is 0 Å². The van der Waals surface area contributed by atoms with Crippen molar-refractivity contribution < 1.29 is 14.3 Å². The summed E-state index contributed by atoms with van der Waals surface area (Å²) >= 11 is 0. The highest BCUT2D eigenvalue weighted by Crippen LogP contribution is 2.22. The number of nitrogens with zero attached hydrogens (tertiary/aromatic N) is 1. The molecule has 1 atom stereocenters. The molecule has 0 radical (unpaired) electrons. The maximum Gasteiger partial charge on any atom is 0.253 e. The van der Waals surface area contributed by atoms with Crippen LogP contribution in [-0.2, 0) is 9.53 Å². The third-order valence-electron chi connectivity index (χ3n) is 4.53. The van der Waals surface area contributed by atoms with Crippen molar-refractivity contribution in [3.05, 3.63) is 65.7 Å². The summed E-state index contributed by atoms with van der Waals surface area (Å²) in [4.78, 5) is 26.1. The summed E-state index contributed by atoms with van der Waals surface area (Å²) in [5, 5.41) is 2.88. The summed E-state index contributed by atoms with van der Waals surface area (Å²) in [6.07, 6.45) is -0.231. The van der Waals surface area contributed by atoms with Gasteiger partial charge in [-0.15, -0.1) is 0 Å². The minimum atomic E-state index is -0.231. The first kappa shape index (κ1) is 18.1. The minimum Gasteiger partial charge on any atom is -0.365 e. The number of carbonyl (C=O) groups is 2. The molecular weight excluding hydrogens is 328 g/mol. The second-order valence-corrected chi connectivity index (χ2v) is 6.76. The molecule has 2 aromatic rings. The van der Waals surface area contributed by atoms with E-state index in [2.05, 4.69) is 31.3 Å². The zero-order valence-corrected chi connectivity index (χ0v) is 15.1. The Bertz CT molecular complexity index is 757. The van der Waals surface area contributed by atoms with Crippen molar-refractivity contribution >= 4 is 17.5 Å². The van der Waals surface area contributed by atoms with Crippen LogP contribution in [0, 0.1) is 0 Å². The van der Waals surface area contributed by atoms with Crippen LogP contribution >= 0.6 is 0 Å². The van der Waals surface area contributed by atoms with E-state index in [1.807, 2.05) is 30.3 Å². The van der Waals surface area contributed by atoms with Crippen molar-refractivity contribution in [2.75, 3.05) is 24.6 Å². The Labute approximate surface area is 154 Å². The van der Waals surface area contributed by atoms with E-state index in [1.54, 1.807) is 17.0 Å². The Kier molecular flexibility index (Phi) is 5.68. The van der Waals surface area contributed by atoms with Gasteiger partial charge in [0.2, 0.25) is 0 Å². The van der Waals surface area contributed by atoms with Gasteiger partial charge in [0.25, 0.3) is 11.8 Å². The summed E-state index contributed by atoms with van der Waals surface area (Å²) in [5.41, 5.74) is 2.71. The molecule has 3 rings (SSSR count). The molecule has 2 aromatic carbocycles. The van der Waals surface area contributed by atoms with Crippen molar-refractivity contribution in [2.45, 2.75) is 25.9 Å². The van der Waals surface area contributed by atoms with Crippen LogP contribution in [0.1, 0.15) is 35.7 Å². The number of ether oxygens (including phenoxy) is 1. The van der Waals surface area contributed by atoms with Gasteiger partial charge >= 0.3 is 0 Å². The average Bonchev–Trinajstić information content (AvgIpc) is 2.68. The van der Waals surface area contributed by atoms with E-state index in [4.69, 9.17) is 4.74 Å². The summed E-state index contributed by atoms with van der Waals surface area (Å²) in [6, 6.07) is 17.1. The van der Waals surface area contributed by atoms with Gasteiger partial charge in [-0.1, -0.05) is 44.2 Å². The van der Waals surface area contributed by atoms with Gasteiger partial charge in [-0.3, -0.25) is 9.59 Å². The first-order valence-electron chi connectivity index (χ1n) is 8.90. The molecule has 5 nitrogen and oxygen atoms in total. The highest BCUT2D eigenvalue weighted by Gasteiger charge is 2.27. The summed E-state index contributed by atoms with van der Waals surface area (Å²) in [5.74, 6) is 0.247. The van der Waals surface area contributed by atoms with Crippen molar-refractivity contribution in [1.82, 2.24) is 5.32 Å². The highest BCUT2D eigenvalue weighted by molar-refractivity contribution is 5.95. The predicted octanol–water partition coefficient (Wildman–Crippen LogP) is 2.97. The van der Waals surface area contributed by atoms with Crippen molar-refractivity contribution in [3.8, 4) is 0 Å². The Morgan fingerprint density at radius 3 is 2.50 bits per heavy atom. The third-order valence-corrected chi connectivity index (χ3v) is 4.53. The molecule has 1 unspecified atom stereocenters. The van der Waals surface area contributed by atoms with Gasteiger partial charge in [-0.2, -0.15) is 0 Å². The lowest BCUT2D eigenvalue weighted by atomic mass is 10.0. The molecular formula is C21H24N2O3. The number of morpholine rings is 1. The molecule has 0 spiro atoms. The van der Waals surface area contributed by atoms with Gasteiger partial charge in [0.1, 0.15) is 6.61 Å². The highest BCUT2D eigenvalue weighted by atomic mass is 16.5. The molecule has 0 aliphatic carbocycles. The van der Waals surface area contributed by atoms with E-state index in [1.165, 1.54) is 5.56 Å². The van der Waals surface area contributed by atoms with Gasteiger partial charge in [-0.25, -0.2) is 0 Å². The van der Waals surface area contributed by atoms with Crippen LogP contribution in [0.25, 0.3) is 0 Å². The summed E-state index contributed by atoms with van der Waals surface area (Å²) < 4.78 is 5.58. The van der Waals surface area contributed by atoms with Crippen LogP contribution in [0.3, 0.4) is 0 Å². The molecule has 0 saturated carbocycles. The maximum absolute atomic E-state index is 12.2. The largest absolute Gasteiger partial charge is 0.365 e. The first-order valence-corrected chi connectivity index (χ1v) is 8.90. The molecule has 1 aliphatic heterocycles. The molecule has 0 aromatic heterocycles. The van der Waals surface area contributed by atoms with Gasteiger partial charge in [0, 0.05) is 17.8 Å².